The van der Waals surface area contributed by atoms with Crippen LogP contribution in [0.15, 0.2) is 24.3 Å². The van der Waals surface area contributed by atoms with Gasteiger partial charge < -0.3 is 9.64 Å². The third-order valence-corrected chi connectivity index (χ3v) is 7.98. The van der Waals surface area contributed by atoms with E-state index in [9.17, 15) is 18.0 Å². The average molecular weight is 459 g/mol. The van der Waals surface area contributed by atoms with Crippen LogP contribution in [0.3, 0.4) is 0 Å². The number of rotatable bonds is 6. The van der Waals surface area contributed by atoms with Crippen LogP contribution in [-0.2, 0) is 32.2 Å². The average Bonchev–Trinajstić information content (AvgIpc) is 3.13. The maximum atomic E-state index is 13.2. The molecule has 32 heavy (non-hydrogen) atoms. The van der Waals surface area contributed by atoms with Crippen LogP contribution in [0.4, 0.5) is 0 Å². The van der Waals surface area contributed by atoms with Gasteiger partial charge in [-0.3, -0.25) is 9.78 Å². The number of carbonyl (C=O) groups is 2. The summed E-state index contributed by atoms with van der Waals surface area (Å²) in [5.74, 6) is -0.620. The Kier molecular flexibility index (Phi) is 6.51. The Labute approximate surface area is 189 Å². The summed E-state index contributed by atoms with van der Waals surface area (Å²) in [6.07, 6.45) is 4.06. The fourth-order valence-corrected chi connectivity index (χ4v) is 6.49. The number of hydrogen-bond donors (Lipinski definition) is 0. The van der Waals surface area contributed by atoms with Gasteiger partial charge in [0.15, 0.2) is 16.4 Å². The van der Waals surface area contributed by atoms with Gasteiger partial charge >= 0.3 is 5.97 Å². The molecule has 2 heterocycles. The molecule has 0 saturated carbocycles. The Bertz CT molecular complexity index is 1140. The van der Waals surface area contributed by atoms with Crippen molar-refractivity contribution in [3.63, 3.8) is 0 Å². The summed E-state index contributed by atoms with van der Waals surface area (Å²) in [7, 11) is -3.13. The van der Waals surface area contributed by atoms with E-state index in [1.165, 1.54) is 0 Å². The SMILES string of the molecule is CC(C)CN(C(=O)COC(=O)c1c2c(nc3ccccc13)CCCC2)C1CCS(=O)(=O)C1. The van der Waals surface area contributed by atoms with E-state index < -0.39 is 22.4 Å². The second kappa shape index (κ2) is 9.17. The van der Waals surface area contributed by atoms with Gasteiger partial charge in [0.25, 0.3) is 5.91 Å². The number of amides is 1. The Morgan fingerprint density at radius 3 is 2.66 bits per heavy atom. The lowest BCUT2D eigenvalue weighted by atomic mass is 9.90. The first-order valence-corrected chi connectivity index (χ1v) is 13.1. The molecule has 4 rings (SSSR count). The summed E-state index contributed by atoms with van der Waals surface area (Å²) in [6, 6.07) is 7.15. The summed E-state index contributed by atoms with van der Waals surface area (Å²) in [6.45, 7) is 3.99. The third-order valence-electron chi connectivity index (χ3n) is 6.23. The van der Waals surface area contributed by atoms with Crippen LogP contribution < -0.4 is 0 Å². The highest BCUT2D eigenvalue weighted by atomic mass is 32.2. The second-order valence-electron chi connectivity index (χ2n) is 9.21. The van der Waals surface area contributed by atoms with Gasteiger partial charge in [-0.05, 0) is 49.7 Å². The van der Waals surface area contributed by atoms with E-state index in [2.05, 4.69) is 0 Å². The second-order valence-corrected chi connectivity index (χ2v) is 11.4. The van der Waals surface area contributed by atoms with E-state index in [4.69, 9.17) is 9.72 Å². The van der Waals surface area contributed by atoms with Gasteiger partial charge in [-0.15, -0.1) is 0 Å². The molecule has 0 radical (unpaired) electrons. The molecule has 1 aromatic heterocycles. The fourth-order valence-electron chi connectivity index (χ4n) is 4.76. The maximum Gasteiger partial charge on any atom is 0.339 e. The summed E-state index contributed by atoms with van der Waals surface area (Å²) in [5.41, 5.74) is 3.13. The highest BCUT2D eigenvalue weighted by molar-refractivity contribution is 7.91. The van der Waals surface area contributed by atoms with E-state index >= 15 is 0 Å². The molecule has 2 aromatic rings. The zero-order chi connectivity index (χ0) is 22.9. The molecule has 1 atom stereocenters. The first-order chi connectivity index (χ1) is 15.2. The smallest absolute Gasteiger partial charge is 0.339 e. The normalized spacial score (nSPS) is 19.7. The van der Waals surface area contributed by atoms with E-state index in [1.54, 1.807) is 4.90 Å². The number of hydrogen-bond acceptors (Lipinski definition) is 6. The van der Waals surface area contributed by atoms with Gasteiger partial charge in [0.05, 0.1) is 22.6 Å². The molecule has 1 amide bonds. The first-order valence-electron chi connectivity index (χ1n) is 11.3. The van der Waals surface area contributed by atoms with Crippen molar-refractivity contribution in [3.05, 3.63) is 41.1 Å². The van der Waals surface area contributed by atoms with E-state index in [0.29, 0.717) is 18.5 Å². The van der Waals surface area contributed by atoms with Gasteiger partial charge in [0.2, 0.25) is 0 Å². The van der Waals surface area contributed by atoms with Crippen LogP contribution in [-0.4, -0.2) is 60.9 Å². The molecule has 7 nitrogen and oxygen atoms in total. The first kappa shape index (κ1) is 22.7. The van der Waals surface area contributed by atoms with Crippen LogP contribution in [0.5, 0.6) is 0 Å². The highest BCUT2D eigenvalue weighted by Gasteiger charge is 2.35. The molecular weight excluding hydrogens is 428 g/mol. The third kappa shape index (κ3) is 4.80. The molecular formula is C24H30N2O5S. The van der Waals surface area contributed by atoms with E-state index in [1.807, 2.05) is 38.1 Å². The van der Waals surface area contributed by atoms with Crippen molar-refractivity contribution in [2.75, 3.05) is 24.7 Å². The Hall–Kier alpha value is -2.48. The number of sulfone groups is 1. The van der Waals surface area contributed by atoms with Crippen LogP contribution in [0.2, 0.25) is 0 Å². The predicted octanol–water partition coefficient (Wildman–Crippen LogP) is 2.94. The molecule has 1 saturated heterocycles. The van der Waals surface area contributed by atoms with Crippen molar-refractivity contribution in [2.45, 2.75) is 52.0 Å². The number of carbonyl (C=O) groups excluding carboxylic acids is 2. The number of aromatic nitrogens is 1. The van der Waals surface area contributed by atoms with Gasteiger partial charge in [0.1, 0.15) is 0 Å². The Morgan fingerprint density at radius 2 is 1.94 bits per heavy atom. The van der Waals surface area contributed by atoms with E-state index in [-0.39, 0.29) is 29.4 Å². The molecule has 8 heteroatoms. The number of esters is 1. The van der Waals surface area contributed by atoms with Crippen LogP contribution >= 0.6 is 0 Å². The molecule has 0 bridgehead atoms. The summed E-state index contributed by atoms with van der Waals surface area (Å²) in [5, 5.41) is 0.742. The van der Waals surface area contributed by atoms with Gasteiger partial charge in [-0.25, -0.2) is 13.2 Å². The molecule has 172 valence electrons. The quantitative estimate of drug-likeness (QED) is 0.618. The summed E-state index contributed by atoms with van der Waals surface area (Å²) < 4.78 is 29.4. The number of para-hydroxylation sites is 1. The van der Waals surface area contributed by atoms with Crippen molar-refractivity contribution in [2.24, 2.45) is 5.92 Å². The number of fused-ring (bicyclic) bond motifs is 2. The van der Waals surface area contributed by atoms with Crippen molar-refractivity contribution < 1.29 is 22.7 Å². The molecule has 0 N–H and O–H groups in total. The monoisotopic (exact) mass is 458 g/mol. The maximum absolute atomic E-state index is 13.2. The fraction of sp³-hybridized carbons (Fsp3) is 0.542. The zero-order valence-electron chi connectivity index (χ0n) is 18.7. The molecule has 1 aromatic carbocycles. The van der Waals surface area contributed by atoms with Crippen molar-refractivity contribution in [1.29, 1.82) is 0 Å². The summed E-state index contributed by atoms with van der Waals surface area (Å²) in [4.78, 5) is 32.5. The Balaban J connectivity index is 1.55. The zero-order valence-corrected chi connectivity index (χ0v) is 19.5. The molecule has 2 aliphatic rings. The number of aryl methyl sites for hydroxylation is 1. The lowest BCUT2D eigenvalue weighted by Gasteiger charge is -2.29. The van der Waals surface area contributed by atoms with Crippen LogP contribution in [0.1, 0.15) is 54.7 Å². The van der Waals surface area contributed by atoms with Crippen LogP contribution in [0, 0.1) is 5.92 Å². The van der Waals surface area contributed by atoms with E-state index in [0.717, 1.165) is 47.8 Å². The lowest BCUT2D eigenvalue weighted by Crippen LogP contribution is -2.45. The van der Waals surface area contributed by atoms with Gasteiger partial charge in [0, 0.05) is 23.7 Å². The number of pyridine rings is 1. The predicted molar refractivity (Wildman–Crippen MR) is 122 cm³/mol. The molecule has 1 aliphatic heterocycles. The lowest BCUT2D eigenvalue weighted by molar-refractivity contribution is -0.137. The number of ether oxygens (including phenoxy) is 1. The number of benzene rings is 1. The largest absolute Gasteiger partial charge is 0.452 e. The summed E-state index contributed by atoms with van der Waals surface area (Å²) >= 11 is 0. The Morgan fingerprint density at radius 1 is 1.19 bits per heavy atom. The van der Waals surface area contributed by atoms with Crippen molar-refractivity contribution >= 4 is 32.6 Å². The van der Waals surface area contributed by atoms with Crippen LogP contribution in [0.25, 0.3) is 10.9 Å². The molecule has 1 fully saturated rings. The standard InChI is InChI=1S/C24H30N2O5S/c1-16(2)13-26(17-11-12-32(29,30)15-17)22(27)14-31-24(28)23-18-7-3-5-9-20(18)25-21-10-6-4-8-19(21)23/h3,5,7,9,16-17H,4,6,8,10-15H2,1-2H3. The number of nitrogens with zero attached hydrogens (tertiary/aromatic N) is 2. The van der Waals surface area contributed by atoms with Crippen molar-refractivity contribution in [1.82, 2.24) is 9.88 Å². The minimum atomic E-state index is -3.13. The van der Waals surface area contributed by atoms with Crippen molar-refractivity contribution in [3.8, 4) is 0 Å². The highest BCUT2D eigenvalue weighted by Crippen LogP contribution is 2.30. The van der Waals surface area contributed by atoms with Gasteiger partial charge in [-0.1, -0.05) is 32.0 Å². The van der Waals surface area contributed by atoms with Gasteiger partial charge in [-0.2, -0.15) is 0 Å². The minimum Gasteiger partial charge on any atom is -0.452 e. The molecule has 0 spiro atoms. The topological polar surface area (TPSA) is 93.6 Å². The molecule has 1 unspecified atom stereocenters. The minimum absolute atomic E-state index is 0.0259. The molecule has 1 aliphatic carbocycles.